The second kappa shape index (κ2) is 3.48. The molecular weight excluding hydrogens is 303 g/mol. The molecule has 14 heavy (non-hydrogen) atoms. The number of fused-ring (bicyclic) bond motifs is 1. The molecule has 0 saturated heterocycles. The molecular formula is C8H8F2IN3. The second-order valence-corrected chi connectivity index (χ2v) is 4.11. The summed E-state index contributed by atoms with van der Waals surface area (Å²) < 4.78 is 26.0. The van der Waals surface area contributed by atoms with Gasteiger partial charge in [-0.25, -0.2) is 10.0 Å². The Labute approximate surface area is 93.9 Å². The fraction of sp³-hybridized carbons (Fsp3) is 0.375. The zero-order valence-corrected chi connectivity index (χ0v) is 9.52. The van der Waals surface area contributed by atoms with Crippen LogP contribution in [0.4, 0.5) is 8.78 Å². The van der Waals surface area contributed by atoms with Gasteiger partial charge in [0.15, 0.2) is 0 Å². The van der Waals surface area contributed by atoms with Crippen molar-refractivity contribution in [1.82, 2.24) is 10.0 Å². The first-order chi connectivity index (χ1) is 6.61. The van der Waals surface area contributed by atoms with Crippen LogP contribution in [0.3, 0.4) is 0 Å². The minimum atomic E-state index is -2.54. The van der Waals surface area contributed by atoms with Gasteiger partial charge < -0.3 is 0 Å². The van der Waals surface area contributed by atoms with E-state index >= 15 is 0 Å². The second-order valence-electron chi connectivity index (χ2n) is 3.00. The molecule has 0 fully saturated rings. The van der Waals surface area contributed by atoms with Gasteiger partial charge in [0.1, 0.15) is 9.52 Å². The Bertz CT molecular complexity index is 337. The number of hydrogen-bond donors (Lipinski definition) is 0. The number of hydrazine groups is 1. The standard InChI is InChI=1S/C8H8F2IN3/c1-5-4-12-7-3-2-6(11)14(8(9)10)13(5)7/h2-5,8H,1H3/t5-/m0/s1. The van der Waals surface area contributed by atoms with Crippen molar-refractivity contribution in [2.24, 2.45) is 4.99 Å². The Hall–Kier alpha value is -0.660. The molecule has 76 valence electrons. The summed E-state index contributed by atoms with van der Waals surface area (Å²) in [5.74, 6) is 0.568. The van der Waals surface area contributed by atoms with Gasteiger partial charge in [-0.2, -0.15) is 8.78 Å². The van der Waals surface area contributed by atoms with Crippen LogP contribution in [0.25, 0.3) is 0 Å². The molecule has 6 heteroatoms. The SMILES string of the molecule is C[C@H]1C=NC2=CC=C(I)N(C(F)F)N21. The Morgan fingerprint density at radius 1 is 1.50 bits per heavy atom. The van der Waals surface area contributed by atoms with E-state index in [1.54, 1.807) is 18.4 Å². The molecule has 0 aliphatic carbocycles. The van der Waals surface area contributed by atoms with Crippen LogP contribution >= 0.6 is 22.6 Å². The van der Waals surface area contributed by atoms with Gasteiger partial charge >= 0.3 is 6.55 Å². The molecule has 0 N–H and O–H groups in total. The first-order valence-corrected chi connectivity index (χ1v) is 5.17. The highest BCUT2D eigenvalue weighted by Crippen LogP contribution is 2.32. The minimum absolute atomic E-state index is 0.117. The van der Waals surface area contributed by atoms with Gasteiger partial charge in [-0.1, -0.05) is 0 Å². The molecule has 0 unspecified atom stereocenters. The van der Waals surface area contributed by atoms with E-state index in [4.69, 9.17) is 0 Å². The van der Waals surface area contributed by atoms with Crippen molar-refractivity contribution in [3.8, 4) is 0 Å². The number of rotatable bonds is 1. The monoisotopic (exact) mass is 311 g/mol. The van der Waals surface area contributed by atoms with Crippen LogP contribution in [-0.4, -0.2) is 28.8 Å². The highest BCUT2D eigenvalue weighted by molar-refractivity contribution is 14.1. The third-order valence-electron chi connectivity index (χ3n) is 2.05. The summed E-state index contributed by atoms with van der Waals surface area (Å²) >= 11 is 1.89. The number of aliphatic imine (C=N–C) groups is 1. The van der Waals surface area contributed by atoms with Gasteiger partial charge in [-0.15, -0.1) is 0 Å². The van der Waals surface area contributed by atoms with Crippen molar-refractivity contribution in [3.05, 3.63) is 21.7 Å². The lowest BCUT2D eigenvalue weighted by atomic mass is 10.3. The molecule has 2 heterocycles. The van der Waals surface area contributed by atoms with Crippen molar-refractivity contribution in [3.63, 3.8) is 0 Å². The predicted octanol–water partition coefficient (Wildman–Crippen LogP) is 2.33. The van der Waals surface area contributed by atoms with Gasteiger partial charge in [0.25, 0.3) is 0 Å². The number of alkyl halides is 2. The first-order valence-electron chi connectivity index (χ1n) is 4.09. The van der Waals surface area contributed by atoms with E-state index in [1.165, 1.54) is 5.01 Å². The smallest absolute Gasteiger partial charge is 0.255 e. The molecule has 0 bridgehead atoms. The summed E-state index contributed by atoms with van der Waals surface area (Å²) in [6.45, 7) is -0.708. The zero-order chi connectivity index (χ0) is 10.3. The van der Waals surface area contributed by atoms with E-state index in [9.17, 15) is 8.78 Å². The summed E-state index contributed by atoms with van der Waals surface area (Å²) in [4.78, 5) is 4.04. The lowest BCUT2D eigenvalue weighted by Gasteiger charge is -2.38. The summed E-state index contributed by atoms with van der Waals surface area (Å²) in [5, 5.41) is 2.44. The highest BCUT2D eigenvalue weighted by Gasteiger charge is 2.34. The molecule has 0 aromatic heterocycles. The van der Waals surface area contributed by atoms with Crippen LogP contribution in [0.15, 0.2) is 26.7 Å². The predicted molar refractivity (Wildman–Crippen MR) is 57.8 cm³/mol. The molecule has 0 radical (unpaired) electrons. The Balaban J connectivity index is 2.35. The van der Waals surface area contributed by atoms with E-state index in [2.05, 4.69) is 4.99 Å². The van der Waals surface area contributed by atoms with E-state index in [0.29, 0.717) is 9.52 Å². The summed E-state index contributed by atoms with van der Waals surface area (Å²) in [6, 6.07) is -0.117. The largest absolute Gasteiger partial charge is 0.332 e. The molecule has 0 saturated carbocycles. The lowest BCUT2D eigenvalue weighted by molar-refractivity contribution is -0.115. The van der Waals surface area contributed by atoms with Crippen LogP contribution in [0.5, 0.6) is 0 Å². The maximum atomic E-state index is 12.7. The number of allylic oxidation sites excluding steroid dienone is 2. The van der Waals surface area contributed by atoms with Crippen molar-refractivity contribution < 1.29 is 8.78 Å². The summed E-state index contributed by atoms with van der Waals surface area (Å²) in [6.07, 6.45) is 5.03. The van der Waals surface area contributed by atoms with E-state index in [0.717, 1.165) is 5.01 Å². The number of halogens is 3. The quantitative estimate of drug-likeness (QED) is 0.547. The topological polar surface area (TPSA) is 18.8 Å². The molecule has 3 nitrogen and oxygen atoms in total. The summed E-state index contributed by atoms with van der Waals surface area (Å²) in [5.41, 5.74) is 0. The average Bonchev–Trinajstić information content (AvgIpc) is 2.47. The first kappa shape index (κ1) is 9.88. The summed E-state index contributed by atoms with van der Waals surface area (Å²) in [7, 11) is 0. The van der Waals surface area contributed by atoms with E-state index < -0.39 is 6.55 Å². The zero-order valence-electron chi connectivity index (χ0n) is 7.36. The molecule has 0 aromatic carbocycles. The Morgan fingerprint density at radius 2 is 2.21 bits per heavy atom. The van der Waals surface area contributed by atoms with Gasteiger partial charge in [0.2, 0.25) is 0 Å². The van der Waals surface area contributed by atoms with Crippen molar-refractivity contribution >= 4 is 28.8 Å². The van der Waals surface area contributed by atoms with Crippen LogP contribution in [0, 0.1) is 0 Å². The number of hydrogen-bond acceptors (Lipinski definition) is 3. The van der Waals surface area contributed by atoms with Gasteiger partial charge in [0, 0.05) is 6.21 Å². The van der Waals surface area contributed by atoms with E-state index in [-0.39, 0.29) is 6.04 Å². The molecule has 1 atom stereocenters. The fourth-order valence-corrected chi connectivity index (χ4v) is 2.07. The molecule has 2 rings (SSSR count). The molecule has 0 spiro atoms. The number of nitrogens with zero attached hydrogens (tertiary/aromatic N) is 3. The third-order valence-corrected chi connectivity index (χ3v) is 2.90. The normalized spacial score (nSPS) is 25.4. The van der Waals surface area contributed by atoms with Gasteiger partial charge in [0.05, 0.1) is 6.04 Å². The van der Waals surface area contributed by atoms with Crippen LogP contribution in [0.1, 0.15) is 6.92 Å². The molecule has 0 amide bonds. The van der Waals surface area contributed by atoms with Crippen LogP contribution in [0.2, 0.25) is 0 Å². The average molecular weight is 311 g/mol. The van der Waals surface area contributed by atoms with E-state index in [1.807, 2.05) is 29.5 Å². The molecule has 2 aliphatic rings. The van der Waals surface area contributed by atoms with Crippen LogP contribution in [-0.2, 0) is 0 Å². The van der Waals surface area contributed by atoms with Crippen molar-refractivity contribution in [1.29, 1.82) is 0 Å². The molecule has 2 aliphatic heterocycles. The Kier molecular flexibility index (Phi) is 2.46. The van der Waals surface area contributed by atoms with Gasteiger partial charge in [-0.05, 0) is 41.7 Å². The highest BCUT2D eigenvalue weighted by atomic mass is 127. The maximum Gasteiger partial charge on any atom is 0.332 e. The maximum absolute atomic E-state index is 12.7. The Morgan fingerprint density at radius 3 is 2.86 bits per heavy atom. The molecule has 0 aromatic rings. The van der Waals surface area contributed by atoms with Crippen LogP contribution < -0.4 is 0 Å². The van der Waals surface area contributed by atoms with Crippen molar-refractivity contribution in [2.75, 3.05) is 0 Å². The third kappa shape index (κ3) is 1.41. The van der Waals surface area contributed by atoms with Crippen molar-refractivity contribution in [2.45, 2.75) is 19.5 Å². The van der Waals surface area contributed by atoms with Gasteiger partial charge in [-0.3, -0.25) is 5.01 Å². The fourth-order valence-electron chi connectivity index (χ4n) is 1.45. The minimum Gasteiger partial charge on any atom is -0.255 e. The lowest BCUT2D eigenvalue weighted by Crippen LogP contribution is -2.46.